The van der Waals surface area contributed by atoms with Gasteiger partial charge in [-0.2, -0.15) is 0 Å². The Balaban J connectivity index is 1.66. The maximum atomic E-state index is 13.5. The number of nitrogens with two attached hydrogens (primary N) is 2. The molecule has 36 heavy (non-hydrogen) atoms. The molecule has 0 heterocycles. The van der Waals surface area contributed by atoms with Gasteiger partial charge in [0.1, 0.15) is 0 Å². The Hall–Kier alpha value is -2.78. The van der Waals surface area contributed by atoms with Crippen LogP contribution in [0.1, 0.15) is 57.5 Å². The van der Waals surface area contributed by atoms with Crippen molar-refractivity contribution < 1.29 is 9.59 Å². The average molecular weight is 495 g/mol. The molecule has 2 aromatic carbocycles. The first-order chi connectivity index (χ1) is 17.5. The van der Waals surface area contributed by atoms with Gasteiger partial charge in [-0.1, -0.05) is 24.3 Å². The molecule has 0 spiro atoms. The number of nitrogens with zero attached hydrogens (tertiary/aromatic N) is 2. The van der Waals surface area contributed by atoms with Crippen LogP contribution < -0.4 is 22.1 Å². The van der Waals surface area contributed by atoms with Crippen LogP contribution >= 0.6 is 0 Å². The van der Waals surface area contributed by atoms with Crippen molar-refractivity contribution >= 4 is 22.9 Å². The van der Waals surface area contributed by atoms with E-state index in [1.807, 2.05) is 24.3 Å². The van der Waals surface area contributed by atoms with Crippen LogP contribution in [0.15, 0.2) is 36.4 Å². The summed E-state index contributed by atoms with van der Waals surface area (Å²) in [6.45, 7) is 6.66. The first-order valence-corrected chi connectivity index (χ1v) is 13.1. The first-order valence-electron chi connectivity index (χ1n) is 13.1. The van der Waals surface area contributed by atoms with Gasteiger partial charge in [0.2, 0.25) is 0 Å². The highest BCUT2D eigenvalue weighted by molar-refractivity contribution is 6.31. The Kier molecular flexibility index (Phi) is 10.9. The highest BCUT2D eigenvalue weighted by Gasteiger charge is 2.33. The molecule has 0 aromatic heterocycles. The van der Waals surface area contributed by atoms with Crippen LogP contribution in [0.4, 0.5) is 11.4 Å². The second-order valence-corrected chi connectivity index (χ2v) is 9.57. The number of fused-ring (bicyclic) bond motifs is 2. The molecule has 196 valence electrons. The number of ketones is 2. The van der Waals surface area contributed by atoms with Gasteiger partial charge in [-0.25, -0.2) is 0 Å². The lowest BCUT2D eigenvalue weighted by atomic mass is 9.82. The van der Waals surface area contributed by atoms with E-state index in [-0.39, 0.29) is 11.6 Å². The van der Waals surface area contributed by atoms with Crippen LogP contribution in [-0.2, 0) is 0 Å². The van der Waals surface area contributed by atoms with Gasteiger partial charge in [0.25, 0.3) is 0 Å². The van der Waals surface area contributed by atoms with Crippen LogP contribution in [0.25, 0.3) is 0 Å². The zero-order valence-electron chi connectivity index (χ0n) is 21.8. The maximum absolute atomic E-state index is 13.5. The monoisotopic (exact) mass is 494 g/mol. The van der Waals surface area contributed by atoms with Crippen molar-refractivity contribution in [3.05, 3.63) is 58.7 Å². The number of carbonyl (C=O) groups excluding carboxylic acids is 2. The largest absolute Gasteiger partial charge is 0.384 e. The third-order valence-corrected chi connectivity index (χ3v) is 6.62. The van der Waals surface area contributed by atoms with E-state index in [0.29, 0.717) is 35.3 Å². The summed E-state index contributed by atoms with van der Waals surface area (Å²) >= 11 is 0. The Morgan fingerprint density at radius 2 is 1.03 bits per heavy atom. The second-order valence-electron chi connectivity index (χ2n) is 9.57. The SMILES string of the molecule is CN(CCCN)CCCNc1cccc2c1C(=O)c1cccc(NCCCN(C)CCCN)c1C2=O. The number of anilines is 2. The van der Waals surface area contributed by atoms with E-state index in [2.05, 4.69) is 34.5 Å². The Labute approximate surface area is 215 Å². The molecule has 1 aliphatic carbocycles. The predicted octanol–water partition coefficient (Wildman–Crippen LogP) is 2.63. The predicted molar refractivity (Wildman–Crippen MR) is 148 cm³/mol. The van der Waals surface area contributed by atoms with Crippen molar-refractivity contribution in [2.75, 3.05) is 77.1 Å². The zero-order valence-corrected chi connectivity index (χ0v) is 21.8. The van der Waals surface area contributed by atoms with Gasteiger partial charge in [-0.05, 0) is 91.2 Å². The van der Waals surface area contributed by atoms with E-state index in [1.54, 1.807) is 12.1 Å². The fraction of sp³-hybridized carbons (Fsp3) is 0.500. The lowest BCUT2D eigenvalue weighted by Crippen LogP contribution is -2.26. The molecule has 0 unspecified atom stereocenters. The molecule has 0 atom stereocenters. The van der Waals surface area contributed by atoms with Gasteiger partial charge >= 0.3 is 0 Å². The fourth-order valence-corrected chi connectivity index (χ4v) is 4.63. The normalized spacial score (nSPS) is 12.7. The van der Waals surface area contributed by atoms with E-state index >= 15 is 0 Å². The molecule has 8 nitrogen and oxygen atoms in total. The molecule has 0 saturated carbocycles. The van der Waals surface area contributed by atoms with Crippen LogP contribution in [0.3, 0.4) is 0 Å². The summed E-state index contributed by atoms with van der Waals surface area (Å²) in [7, 11) is 4.18. The summed E-state index contributed by atoms with van der Waals surface area (Å²) < 4.78 is 0. The molecule has 0 fully saturated rings. The van der Waals surface area contributed by atoms with Crippen LogP contribution in [-0.4, -0.2) is 87.8 Å². The topological polar surface area (TPSA) is 117 Å². The van der Waals surface area contributed by atoms with Crippen molar-refractivity contribution in [2.45, 2.75) is 25.7 Å². The summed E-state index contributed by atoms with van der Waals surface area (Å²) in [4.78, 5) is 31.6. The van der Waals surface area contributed by atoms with Gasteiger partial charge in [0.05, 0.1) is 11.1 Å². The Morgan fingerprint density at radius 3 is 1.42 bits per heavy atom. The third-order valence-electron chi connectivity index (χ3n) is 6.62. The first kappa shape index (κ1) is 27.8. The van der Waals surface area contributed by atoms with Crippen molar-refractivity contribution in [2.24, 2.45) is 11.5 Å². The number of nitrogens with one attached hydrogen (secondary N) is 2. The molecule has 6 N–H and O–H groups in total. The molecule has 0 bridgehead atoms. The summed E-state index contributed by atoms with van der Waals surface area (Å²) in [6.07, 6.45) is 3.82. The molecule has 2 aromatic rings. The third kappa shape index (κ3) is 7.13. The number of hydrogen-bond donors (Lipinski definition) is 4. The lowest BCUT2D eigenvalue weighted by molar-refractivity contribution is 0.0980. The maximum Gasteiger partial charge on any atom is 0.196 e. The fourth-order valence-electron chi connectivity index (χ4n) is 4.63. The highest BCUT2D eigenvalue weighted by Crippen LogP contribution is 2.35. The number of hydrogen-bond acceptors (Lipinski definition) is 8. The number of rotatable bonds is 16. The van der Waals surface area contributed by atoms with Crippen molar-refractivity contribution in [3.8, 4) is 0 Å². The van der Waals surface area contributed by atoms with Crippen molar-refractivity contribution in [1.82, 2.24) is 9.80 Å². The van der Waals surface area contributed by atoms with Crippen molar-refractivity contribution in [3.63, 3.8) is 0 Å². The van der Waals surface area contributed by atoms with Gasteiger partial charge in [-0.15, -0.1) is 0 Å². The lowest BCUT2D eigenvalue weighted by Gasteiger charge is -2.23. The average Bonchev–Trinajstić information content (AvgIpc) is 2.89. The summed E-state index contributed by atoms with van der Waals surface area (Å²) in [5.74, 6) is -0.208. The number of benzene rings is 2. The molecule has 0 aliphatic heterocycles. The van der Waals surface area contributed by atoms with E-state index in [9.17, 15) is 9.59 Å². The molecule has 1 aliphatic rings. The summed E-state index contributed by atoms with van der Waals surface area (Å²) in [5, 5.41) is 6.79. The molecule has 0 amide bonds. The molecule has 3 rings (SSSR count). The molecule has 8 heteroatoms. The quantitative estimate of drug-likeness (QED) is 0.225. The van der Waals surface area contributed by atoms with Gasteiger partial charge in [-0.3, -0.25) is 9.59 Å². The standard InChI is InChI=1S/C28H42N6O2/c1-33(17-5-13-29)19-7-15-31-23-11-3-9-21-25(23)27(35)22-10-4-12-24(26(22)28(21)36)32-16-8-20-34(2)18-6-14-30/h3-4,9-12,31-32H,5-8,13-20,29-30H2,1-2H3. The minimum absolute atomic E-state index is 0.104. The molecular weight excluding hydrogens is 452 g/mol. The number of carbonyl (C=O) groups is 2. The van der Waals surface area contributed by atoms with E-state index in [1.165, 1.54) is 0 Å². The minimum Gasteiger partial charge on any atom is -0.384 e. The highest BCUT2D eigenvalue weighted by atomic mass is 16.1. The Bertz CT molecular complexity index is 944. The van der Waals surface area contributed by atoms with E-state index in [4.69, 9.17) is 11.5 Å². The van der Waals surface area contributed by atoms with Gasteiger partial charge < -0.3 is 31.9 Å². The van der Waals surface area contributed by atoms with Gasteiger partial charge in [0, 0.05) is 35.6 Å². The molecule has 0 radical (unpaired) electrons. The minimum atomic E-state index is -0.104. The second kappa shape index (κ2) is 14.1. The molecule has 0 saturated heterocycles. The zero-order chi connectivity index (χ0) is 25.9. The van der Waals surface area contributed by atoms with E-state index in [0.717, 1.165) is 76.3 Å². The molecular formula is C28H42N6O2. The van der Waals surface area contributed by atoms with Crippen LogP contribution in [0.5, 0.6) is 0 Å². The smallest absolute Gasteiger partial charge is 0.196 e. The summed E-state index contributed by atoms with van der Waals surface area (Å²) in [6, 6.07) is 11.0. The summed E-state index contributed by atoms with van der Waals surface area (Å²) in [5.41, 5.74) is 14.5. The van der Waals surface area contributed by atoms with Crippen LogP contribution in [0.2, 0.25) is 0 Å². The Morgan fingerprint density at radius 1 is 0.639 bits per heavy atom. The van der Waals surface area contributed by atoms with E-state index < -0.39 is 0 Å². The van der Waals surface area contributed by atoms with Crippen LogP contribution in [0, 0.1) is 0 Å². The van der Waals surface area contributed by atoms with Crippen molar-refractivity contribution in [1.29, 1.82) is 0 Å². The van der Waals surface area contributed by atoms with Gasteiger partial charge in [0.15, 0.2) is 11.6 Å².